The molecule has 0 bridgehead atoms. The maximum atomic E-state index is 12.7. The fraction of sp³-hybridized carbons (Fsp3) is 0.429. The molecule has 140 valence electrons. The number of carbonyl (C=O) groups is 1. The third-order valence-corrected chi connectivity index (χ3v) is 4.41. The second-order valence-electron chi connectivity index (χ2n) is 6.00. The van der Waals surface area contributed by atoms with Gasteiger partial charge < -0.3 is 15.4 Å². The molecule has 1 aromatic carbocycles. The summed E-state index contributed by atoms with van der Waals surface area (Å²) in [6.07, 6.45) is 3.50. The molecule has 2 heterocycles. The van der Waals surface area contributed by atoms with E-state index in [2.05, 4.69) is 15.6 Å². The quantitative estimate of drug-likeness (QED) is 0.864. The van der Waals surface area contributed by atoms with Crippen LogP contribution in [-0.2, 0) is 4.79 Å². The molecule has 0 radical (unpaired) electrons. The minimum absolute atomic E-state index is 0.0584. The normalized spacial score (nSPS) is 15.3. The number of amides is 1. The fourth-order valence-electron chi connectivity index (χ4n) is 3.04. The number of methoxy groups -OCH3 is 1. The smallest absolute Gasteiger partial charge is 0.224 e. The Bertz CT molecular complexity index is 670. The lowest BCUT2D eigenvalue weighted by molar-refractivity contribution is -0.126. The molecule has 1 aromatic heterocycles. The SMILES string of the molecule is CC.COc1cccc(C(NC(=O)C2CCNCC2)c2ccccn2)c1. The molecule has 1 unspecified atom stereocenters. The molecule has 3 rings (SSSR count). The molecular weight excluding hydrogens is 326 g/mol. The first kappa shape index (κ1) is 19.9. The number of benzene rings is 1. The van der Waals surface area contributed by atoms with Crippen molar-refractivity contribution in [3.8, 4) is 5.75 Å². The number of nitrogens with one attached hydrogen (secondary N) is 2. The van der Waals surface area contributed by atoms with Gasteiger partial charge in [0.25, 0.3) is 0 Å². The Morgan fingerprint density at radius 1 is 1.19 bits per heavy atom. The van der Waals surface area contributed by atoms with Gasteiger partial charge in [-0.05, 0) is 55.8 Å². The molecule has 1 amide bonds. The van der Waals surface area contributed by atoms with E-state index in [1.54, 1.807) is 13.3 Å². The van der Waals surface area contributed by atoms with Crippen LogP contribution in [0.3, 0.4) is 0 Å². The molecule has 1 saturated heterocycles. The van der Waals surface area contributed by atoms with E-state index in [9.17, 15) is 4.79 Å². The topological polar surface area (TPSA) is 63.2 Å². The summed E-state index contributed by atoms with van der Waals surface area (Å²) in [5.74, 6) is 0.919. The third-order valence-electron chi connectivity index (χ3n) is 4.41. The van der Waals surface area contributed by atoms with Crippen LogP contribution in [0.1, 0.15) is 44.0 Å². The highest BCUT2D eigenvalue weighted by Gasteiger charge is 2.25. The van der Waals surface area contributed by atoms with Gasteiger partial charge >= 0.3 is 0 Å². The van der Waals surface area contributed by atoms with Crippen molar-refractivity contribution < 1.29 is 9.53 Å². The minimum Gasteiger partial charge on any atom is -0.497 e. The molecule has 26 heavy (non-hydrogen) atoms. The lowest BCUT2D eigenvalue weighted by atomic mass is 9.95. The van der Waals surface area contributed by atoms with Gasteiger partial charge in [-0.3, -0.25) is 9.78 Å². The Kier molecular flexibility index (Phi) is 8.09. The van der Waals surface area contributed by atoms with Crippen molar-refractivity contribution in [2.24, 2.45) is 5.92 Å². The lowest BCUT2D eigenvalue weighted by Gasteiger charge is -2.25. The minimum atomic E-state index is -0.274. The van der Waals surface area contributed by atoms with Crippen molar-refractivity contribution in [3.63, 3.8) is 0 Å². The third kappa shape index (κ3) is 5.30. The second kappa shape index (κ2) is 10.6. The number of carbonyl (C=O) groups excluding carboxylic acids is 1. The molecule has 5 nitrogen and oxygen atoms in total. The maximum Gasteiger partial charge on any atom is 0.224 e. The number of piperidine rings is 1. The number of ether oxygens (including phenoxy) is 1. The Hall–Kier alpha value is -2.40. The first-order valence-electron chi connectivity index (χ1n) is 9.34. The van der Waals surface area contributed by atoms with E-state index in [0.29, 0.717) is 0 Å². The Balaban J connectivity index is 0.00000117. The summed E-state index contributed by atoms with van der Waals surface area (Å²) in [6.45, 7) is 5.79. The van der Waals surface area contributed by atoms with Crippen LogP contribution >= 0.6 is 0 Å². The predicted molar refractivity (Wildman–Crippen MR) is 104 cm³/mol. The van der Waals surface area contributed by atoms with Crippen LogP contribution in [0.4, 0.5) is 0 Å². The molecule has 1 fully saturated rings. The summed E-state index contributed by atoms with van der Waals surface area (Å²) in [5, 5.41) is 6.48. The average molecular weight is 355 g/mol. The van der Waals surface area contributed by atoms with E-state index in [-0.39, 0.29) is 17.9 Å². The molecular formula is C21H29N3O2. The Morgan fingerprint density at radius 3 is 2.62 bits per heavy atom. The zero-order valence-corrected chi connectivity index (χ0v) is 15.9. The van der Waals surface area contributed by atoms with Crippen molar-refractivity contribution in [2.75, 3.05) is 20.2 Å². The molecule has 0 aliphatic carbocycles. The van der Waals surface area contributed by atoms with Crippen LogP contribution in [0.25, 0.3) is 0 Å². The molecule has 2 aromatic rings. The second-order valence-corrected chi connectivity index (χ2v) is 6.00. The summed E-state index contributed by atoms with van der Waals surface area (Å²) in [7, 11) is 1.64. The Labute approximate surface area is 156 Å². The van der Waals surface area contributed by atoms with E-state index >= 15 is 0 Å². The largest absolute Gasteiger partial charge is 0.497 e. The zero-order chi connectivity index (χ0) is 18.8. The van der Waals surface area contributed by atoms with Gasteiger partial charge in [0.05, 0.1) is 18.8 Å². The van der Waals surface area contributed by atoms with E-state index in [1.807, 2.05) is 56.3 Å². The predicted octanol–water partition coefficient (Wildman–Crippen LogP) is 3.32. The van der Waals surface area contributed by atoms with Gasteiger partial charge in [-0.1, -0.05) is 32.0 Å². The van der Waals surface area contributed by atoms with E-state index in [0.717, 1.165) is 42.9 Å². The van der Waals surface area contributed by atoms with Crippen LogP contribution in [0, 0.1) is 5.92 Å². The van der Waals surface area contributed by atoms with Gasteiger partial charge in [-0.15, -0.1) is 0 Å². The molecule has 5 heteroatoms. The molecule has 1 aliphatic rings. The van der Waals surface area contributed by atoms with Crippen LogP contribution in [0.15, 0.2) is 48.7 Å². The van der Waals surface area contributed by atoms with Gasteiger partial charge in [0.2, 0.25) is 5.91 Å². The maximum absolute atomic E-state index is 12.7. The van der Waals surface area contributed by atoms with Crippen LogP contribution in [-0.4, -0.2) is 31.1 Å². The van der Waals surface area contributed by atoms with Gasteiger partial charge in [0.15, 0.2) is 0 Å². The van der Waals surface area contributed by atoms with Crippen LogP contribution < -0.4 is 15.4 Å². The number of rotatable bonds is 5. The van der Waals surface area contributed by atoms with Crippen LogP contribution in [0.2, 0.25) is 0 Å². The van der Waals surface area contributed by atoms with E-state index in [1.165, 1.54) is 0 Å². The van der Waals surface area contributed by atoms with Crippen molar-refractivity contribution in [3.05, 3.63) is 59.9 Å². The number of hydrogen-bond acceptors (Lipinski definition) is 4. The van der Waals surface area contributed by atoms with Crippen molar-refractivity contribution >= 4 is 5.91 Å². The Morgan fingerprint density at radius 2 is 1.96 bits per heavy atom. The fourth-order valence-corrected chi connectivity index (χ4v) is 3.04. The summed E-state index contributed by atoms with van der Waals surface area (Å²) < 4.78 is 5.32. The number of nitrogens with zero attached hydrogens (tertiary/aromatic N) is 1. The monoisotopic (exact) mass is 355 g/mol. The lowest BCUT2D eigenvalue weighted by Crippen LogP contribution is -2.40. The highest BCUT2D eigenvalue weighted by molar-refractivity contribution is 5.79. The van der Waals surface area contributed by atoms with E-state index < -0.39 is 0 Å². The molecule has 0 spiro atoms. The first-order chi connectivity index (χ1) is 12.8. The van der Waals surface area contributed by atoms with Crippen molar-refractivity contribution in [2.45, 2.75) is 32.7 Å². The van der Waals surface area contributed by atoms with Crippen molar-refractivity contribution in [1.82, 2.24) is 15.6 Å². The summed E-state index contributed by atoms with van der Waals surface area (Å²) >= 11 is 0. The summed E-state index contributed by atoms with van der Waals surface area (Å²) in [6, 6.07) is 13.2. The van der Waals surface area contributed by atoms with Gasteiger partial charge in [0.1, 0.15) is 5.75 Å². The molecule has 0 saturated carbocycles. The highest BCUT2D eigenvalue weighted by Crippen LogP contribution is 2.25. The first-order valence-corrected chi connectivity index (χ1v) is 9.34. The number of aromatic nitrogens is 1. The number of hydrogen-bond donors (Lipinski definition) is 2. The highest BCUT2D eigenvalue weighted by atomic mass is 16.5. The zero-order valence-electron chi connectivity index (χ0n) is 15.9. The molecule has 1 atom stereocenters. The molecule has 1 aliphatic heterocycles. The van der Waals surface area contributed by atoms with E-state index in [4.69, 9.17) is 4.74 Å². The standard InChI is InChI=1S/C19H23N3O2.C2H6/c1-24-16-6-4-5-15(13-16)18(17-7-2-3-10-21-17)22-19(23)14-8-11-20-12-9-14;1-2/h2-7,10,13-14,18,20H,8-9,11-12H2,1H3,(H,22,23);1-2H3. The van der Waals surface area contributed by atoms with Gasteiger partial charge in [0, 0.05) is 12.1 Å². The van der Waals surface area contributed by atoms with Gasteiger partial charge in [-0.25, -0.2) is 0 Å². The van der Waals surface area contributed by atoms with Gasteiger partial charge in [-0.2, -0.15) is 0 Å². The summed E-state index contributed by atoms with van der Waals surface area (Å²) in [5.41, 5.74) is 1.79. The van der Waals surface area contributed by atoms with Crippen molar-refractivity contribution in [1.29, 1.82) is 0 Å². The summed E-state index contributed by atoms with van der Waals surface area (Å²) in [4.78, 5) is 17.2. The number of pyridine rings is 1. The van der Waals surface area contributed by atoms with Crippen LogP contribution in [0.5, 0.6) is 5.75 Å². The average Bonchev–Trinajstić information content (AvgIpc) is 2.74. The molecule has 2 N–H and O–H groups in total.